The van der Waals surface area contributed by atoms with Gasteiger partial charge in [-0.3, -0.25) is 14.4 Å². The van der Waals surface area contributed by atoms with Gasteiger partial charge >= 0.3 is 5.97 Å². The summed E-state index contributed by atoms with van der Waals surface area (Å²) in [6.07, 6.45) is 2.36. The van der Waals surface area contributed by atoms with E-state index in [-0.39, 0.29) is 30.7 Å². The van der Waals surface area contributed by atoms with Crippen molar-refractivity contribution in [3.05, 3.63) is 0 Å². The standard InChI is InChI=1S/C15H24N2O4/c1-10(2)7-17-8-11(6-12(17)18)13(19)16-9-15(14(20)21)4-3-5-15/h10-11H,3-9H2,1-2H3,(H,16,19)(H,20,21). The summed E-state index contributed by atoms with van der Waals surface area (Å²) < 4.78 is 0. The van der Waals surface area contributed by atoms with Crippen molar-refractivity contribution in [3.8, 4) is 0 Å². The zero-order valence-corrected chi connectivity index (χ0v) is 12.7. The van der Waals surface area contributed by atoms with Crippen molar-refractivity contribution in [2.75, 3.05) is 19.6 Å². The fourth-order valence-electron chi connectivity index (χ4n) is 3.04. The summed E-state index contributed by atoms with van der Waals surface area (Å²) in [6, 6.07) is 0. The van der Waals surface area contributed by atoms with E-state index in [0.29, 0.717) is 31.8 Å². The first-order valence-corrected chi connectivity index (χ1v) is 7.63. The fraction of sp³-hybridized carbons (Fsp3) is 0.800. The lowest BCUT2D eigenvalue weighted by Gasteiger charge is -2.37. The first-order chi connectivity index (χ1) is 9.84. The van der Waals surface area contributed by atoms with Gasteiger partial charge < -0.3 is 15.3 Å². The molecule has 2 N–H and O–H groups in total. The van der Waals surface area contributed by atoms with E-state index in [4.69, 9.17) is 0 Å². The van der Waals surface area contributed by atoms with Gasteiger partial charge in [-0.25, -0.2) is 0 Å². The molecule has 1 aliphatic carbocycles. The van der Waals surface area contributed by atoms with E-state index >= 15 is 0 Å². The molecule has 0 spiro atoms. The number of hydrogen-bond acceptors (Lipinski definition) is 3. The monoisotopic (exact) mass is 296 g/mol. The SMILES string of the molecule is CC(C)CN1CC(C(=O)NCC2(C(=O)O)CCC2)CC1=O. The molecule has 6 nitrogen and oxygen atoms in total. The molecule has 0 aromatic carbocycles. The van der Waals surface area contributed by atoms with E-state index in [1.54, 1.807) is 4.90 Å². The molecule has 0 bridgehead atoms. The molecule has 1 aliphatic heterocycles. The highest BCUT2D eigenvalue weighted by Gasteiger charge is 2.45. The van der Waals surface area contributed by atoms with Crippen molar-refractivity contribution in [2.24, 2.45) is 17.3 Å². The largest absolute Gasteiger partial charge is 0.481 e. The van der Waals surface area contributed by atoms with Crippen LogP contribution in [0.25, 0.3) is 0 Å². The van der Waals surface area contributed by atoms with Crippen molar-refractivity contribution < 1.29 is 19.5 Å². The summed E-state index contributed by atoms with van der Waals surface area (Å²) in [5, 5.41) is 12.0. The second-order valence-corrected chi connectivity index (χ2v) is 6.75. The Bertz CT molecular complexity index is 443. The molecule has 2 fully saturated rings. The third kappa shape index (κ3) is 3.36. The van der Waals surface area contributed by atoms with Crippen LogP contribution in [0.3, 0.4) is 0 Å². The Morgan fingerprint density at radius 1 is 1.43 bits per heavy atom. The first kappa shape index (κ1) is 15.8. The number of rotatable bonds is 6. The Hall–Kier alpha value is -1.59. The van der Waals surface area contributed by atoms with Crippen molar-refractivity contribution in [1.29, 1.82) is 0 Å². The Morgan fingerprint density at radius 3 is 2.57 bits per heavy atom. The van der Waals surface area contributed by atoms with Gasteiger partial charge in [0, 0.05) is 26.1 Å². The summed E-state index contributed by atoms with van der Waals surface area (Å²) in [5.41, 5.74) is -0.782. The molecule has 2 amide bonds. The smallest absolute Gasteiger partial charge is 0.311 e. The number of nitrogens with zero attached hydrogens (tertiary/aromatic N) is 1. The topological polar surface area (TPSA) is 86.7 Å². The van der Waals surface area contributed by atoms with Gasteiger partial charge in [0.2, 0.25) is 11.8 Å². The second-order valence-electron chi connectivity index (χ2n) is 6.75. The number of nitrogens with one attached hydrogen (secondary N) is 1. The lowest BCUT2D eigenvalue weighted by Crippen LogP contribution is -2.48. The number of carboxylic acids is 1. The summed E-state index contributed by atoms with van der Waals surface area (Å²) in [7, 11) is 0. The van der Waals surface area contributed by atoms with Crippen LogP contribution < -0.4 is 5.32 Å². The molecule has 0 aromatic heterocycles. The van der Waals surface area contributed by atoms with Crippen LogP contribution in [0, 0.1) is 17.3 Å². The van der Waals surface area contributed by atoms with Crippen LogP contribution in [0.2, 0.25) is 0 Å². The van der Waals surface area contributed by atoms with Gasteiger partial charge in [-0.1, -0.05) is 20.3 Å². The molecule has 21 heavy (non-hydrogen) atoms. The molecule has 1 saturated heterocycles. The maximum atomic E-state index is 12.1. The maximum absolute atomic E-state index is 12.1. The van der Waals surface area contributed by atoms with E-state index in [9.17, 15) is 19.5 Å². The van der Waals surface area contributed by atoms with Crippen LogP contribution >= 0.6 is 0 Å². The van der Waals surface area contributed by atoms with Crippen LogP contribution in [0.5, 0.6) is 0 Å². The molecule has 2 aliphatic rings. The summed E-state index contributed by atoms with van der Waals surface area (Å²) in [6.45, 7) is 5.36. The molecule has 1 unspecified atom stereocenters. The zero-order valence-electron chi connectivity index (χ0n) is 12.7. The number of carbonyl (C=O) groups excluding carboxylic acids is 2. The van der Waals surface area contributed by atoms with Crippen molar-refractivity contribution in [2.45, 2.75) is 39.5 Å². The Balaban J connectivity index is 1.84. The number of hydrogen-bond donors (Lipinski definition) is 2. The van der Waals surface area contributed by atoms with Gasteiger partial charge in [0.05, 0.1) is 11.3 Å². The molecule has 6 heteroatoms. The second kappa shape index (κ2) is 6.03. The average molecular weight is 296 g/mol. The summed E-state index contributed by atoms with van der Waals surface area (Å²) in [5.74, 6) is -0.983. The molecule has 1 heterocycles. The van der Waals surface area contributed by atoms with Crippen molar-refractivity contribution in [1.82, 2.24) is 10.2 Å². The Morgan fingerprint density at radius 2 is 2.10 bits per heavy atom. The minimum absolute atomic E-state index is 0.0143. The van der Waals surface area contributed by atoms with Gasteiger partial charge in [-0.05, 0) is 18.8 Å². The minimum Gasteiger partial charge on any atom is -0.481 e. The van der Waals surface area contributed by atoms with Crippen LogP contribution in [0.4, 0.5) is 0 Å². The number of amides is 2. The highest BCUT2D eigenvalue weighted by molar-refractivity contribution is 5.89. The van der Waals surface area contributed by atoms with Crippen LogP contribution in [0.15, 0.2) is 0 Å². The summed E-state index contributed by atoms with van der Waals surface area (Å²) in [4.78, 5) is 37.0. The van der Waals surface area contributed by atoms with E-state index < -0.39 is 11.4 Å². The number of aliphatic carboxylic acids is 1. The van der Waals surface area contributed by atoms with E-state index in [1.807, 2.05) is 13.8 Å². The quantitative estimate of drug-likeness (QED) is 0.761. The Kier molecular flexibility index (Phi) is 4.54. The maximum Gasteiger partial charge on any atom is 0.311 e. The third-order valence-electron chi connectivity index (χ3n) is 4.54. The van der Waals surface area contributed by atoms with E-state index in [2.05, 4.69) is 5.32 Å². The predicted molar refractivity (Wildman–Crippen MR) is 76.5 cm³/mol. The molecule has 2 rings (SSSR count). The van der Waals surface area contributed by atoms with Crippen LogP contribution in [-0.2, 0) is 14.4 Å². The molecule has 1 atom stereocenters. The van der Waals surface area contributed by atoms with Crippen LogP contribution in [-0.4, -0.2) is 47.4 Å². The van der Waals surface area contributed by atoms with Gasteiger partial charge in [0.1, 0.15) is 0 Å². The zero-order chi connectivity index (χ0) is 15.6. The van der Waals surface area contributed by atoms with Crippen LogP contribution in [0.1, 0.15) is 39.5 Å². The number of carboxylic acid groups (broad SMARTS) is 1. The molecule has 0 radical (unpaired) electrons. The average Bonchev–Trinajstić information content (AvgIpc) is 2.68. The molecule has 0 aromatic rings. The minimum atomic E-state index is -0.835. The van der Waals surface area contributed by atoms with Gasteiger partial charge in [-0.15, -0.1) is 0 Å². The predicted octanol–water partition coefficient (Wildman–Crippen LogP) is 0.862. The highest BCUT2D eigenvalue weighted by Crippen LogP contribution is 2.40. The third-order valence-corrected chi connectivity index (χ3v) is 4.54. The molecule has 1 saturated carbocycles. The lowest BCUT2D eigenvalue weighted by atomic mass is 9.68. The van der Waals surface area contributed by atoms with E-state index in [1.165, 1.54) is 0 Å². The summed E-state index contributed by atoms with van der Waals surface area (Å²) >= 11 is 0. The van der Waals surface area contributed by atoms with Crippen molar-refractivity contribution >= 4 is 17.8 Å². The van der Waals surface area contributed by atoms with Gasteiger partial charge in [0.15, 0.2) is 0 Å². The fourth-order valence-corrected chi connectivity index (χ4v) is 3.04. The Labute approximate surface area is 124 Å². The lowest BCUT2D eigenvalue weighted by molar-refractivity contribution is -0.154. The van der Waals surface area contributed by atoms with Gasteiger partial charge in [0.25, 0.3) is 0 Å². The normalized spacial score (nSPS) is 24.0. The highest BCUT2D eigenvalue weighted by atomic mass is 16.4. The number of likely N-dealkylation sites (tertiary alicyclic amines) is 1. The molecular formula is C15H24N2O4. The first-order valence-electron chi connectivity index (χ1n) is 7.63. The molecular weight excluding hydrogens is 272 g/mol. The number of carbonyl (C=O) groups is 3. The van der Waals surface area contributed by atoms with E-state index in [0.717, 1.165) is 6.42 Å². The van der Waals surface area contributed by atoms with Crippen molar-refractivity contribution in [3.63, 3.8) is 0 Å². The molecule has 118 valence electrons. The van der Waals surface area contributed by atoms with Gasteiger partial charge in [-0.2, -0.15) is 0 Å².